The van der Waals surface area contributed by atoms with Crippen LogP contribution in [-0.4, -0.2) is 42.0 Å². The molecule has 0 radical (unpaired) electrons. The third-order valence-electron chi connectivity index (χ3n) is 3.24. The molecular formula is C17H23N5O. The lowest BCUT2D eigenvalue weighted by atomic mass is 10.2. The van der Waals surface area contributed by atoms with E-state index in [1.54, 1.807) is 6.21 Å². The number of aromatic nitrogens is 2. The molecule has 2 N–H and O–H groups in total. The quantitative estimate of drug-likeness (QED) is 0.606. The third-order valence-corrected chi connectivity index (χ3v) is 3.24. The van der Waals surface area contributed by atoms with Crippen molar-refractivity contribution in [2.24, 2.45) is 5.10 Å². The second kappa shape index (κ2) is 8.24. The standard InChI is InChI=1S/C17H23N5O/c1-13-6-4-7-14(10-13)12-18-21-17-19-15(8-5-9-23)11-16(20-17)22(2)3/h4,6-7,10-12,23H,5,8-9H2,1-3H3,(H,19,20,21). The topological polar surface area (TPSA) is 73.6 Å². The van der Waals surface area contributed by atoms with Gasteiger partial charge in [0.25, 0.3) is 0 Å². The van der Waals surface area contributed by atoms with Gasteiger partial charge in [-0.1, -0.05) is 29.8 Å². The number of benzene rings is 1. The van der Waals surface area contributed by atoms with Crippen molar-refractivity contribution < 1.29 is 5.11 Å². The molecule has 1 aromatic heterocycles. The van der Waals surface area contributed by atoms with Crippen molar-refractivity contribution in [3.8, 4) is 0 Å². The SMILES string of the molecule is Cc1cccc(C=NNc2nc(CCCO)cc(N(C)C)n2)c1. The van der Waals surface area contributed by atoms with Crippen molar-refractivity contribution in [2.45, 2.75) is 19.8 Å². The van der Waals surface area contributed by atoms with E-state index < -0.39 is 0 Å². The van der Waals surface area contributed by atoms with Crippen LogP contribution in [0.4, 0.5) is 11.8 Å². The van der Waals surface area contributed by atoms with Gasteiger partial charge in [-0.2, -0.15) is 10.1 Å². The van der Waals surface area contributed by atoms with Crippen LogP contribution in [0.3, 0.4) is 0 Å². The maximum absolute atomic E-state index is 8.97. The van der Waals surface area contributed by atoms with Crippen LogP contribution in [-0.2, 0) is 6.42 Å². The van der Waals surface area contributed by atoms with E-state index in [0.717, 1.165) is 17.1 Å². The molecule has 2 rings (SSSR count). The summed E-state index contributed by atoms with van der Waals surface area (Å²) in [6.07, 6.45) is 3.12. The molecule has 2 aromatic rings. The highest BCUT2D eigenvalue weighted by Crippen LogP contribution is 2.14. The second-order valence-electron chi connectivity index (χ2n) is 5.55. The summed E-state index contributed by atoms with van der Waals surface area (Å²) in [6, 6.07) is 10.00. The first-order valence-corrected chi connectivity index (χ1v) is 7.60. The van der Waals surface area contributed by atoms with E-state index in [4.69, 9.17) is 5.11 Å². The first-order chi connectivity index (χ1) is 11.1. The first-order valence-electron chi connectivity index (χ1n) is 7.60. The van der Waals surface area contributed by atoms with Crippen LogP contribution in [0, 0.1) is 6.92 Å². The maximum Gasteiger partial charge on any atom is 0.245 e. The Morgan fingerprint density at radius 2 is 2.09 bits per heavy atom. The number of nitrogens with zero attached hydrogens (tertiary/aromatic N) is 4. The Morgan fingerprint density at radius 3 is 2.78 bits per heavy atom. The van der Waals surface area contributed by atoms with Gasteiger partial charge in [-0.05, 0) is 25.3 Å². The summed E-state index contributed by atoms with van der Waals surface area (Å²) in [4.78, 5) is 10.8. The van der Waals surface area contributed by atoms with Gasteiger partial charge in [0, 0.05) is 32.5 Å². The Balaban J connectivity index is 2.12. The molecule has 0 saturated heterocycles. The van der Waals surface area contributed by atoms with Crippen molar-refractivity contribution >= 4 is 18.0 Å². The van der Waals surface area contributed by atoms with Gasteiger partial charge in [0.1, 0.15) is 5.82 Å². The van der Waals surface area contributed by atoms with Gasteiger partial charge in [0.2, 0.25) is 5.95 Å². The van der Waals surface area contributed by atoms with Crippen LogP contribution < -0.4 is 10.3 Å². The zero-order valence-corrected chi connectivity index (χ0v) is 13.8. The molecular weight excluding hydrogens is 290 g/mol. The Labute approximate surface area is 136 Å². The molecule has 23 heavy (non-hydrogen) atoms. The predicted octanol–water partition coefficient (Wildman–Crippen LogP) is 2.22. The van der Waals surface area contributed by atoms with E-state index in [1.807, 2.05) is 50.2 Å². The predicted molar refractivity (Wildman–Crippen MR) is 94.2 cm³/mol. The molecule has 0 aliphatic rings. The molecule has 0 fully saturated rings. The van der Waals surface area contributed by atoms with E-state index in [2.05, 4.69) is 26.6 Å². The van der Waals surface area contributed by atoms with Gasteiger partial charge >= 0.3 is 0 Å². The molecule has 1 aromatic carbocycles. The van der Waals surface area contributed by atoms with Gasteiger partial charge in [-0.3, -0.25) is 0 Å². The summed E-state index contributed by atoms with van der Waals surface area (Å²) in [5, 5.41) is 13.2. The van der Waals surface area contributed by atoms with Crippen molar-refractivity contribution in [2.75, 3.05) is 31.0 Å². The van der Waals surface area contributed by atoms with Gasteiger partial charge in [-0.15, -0.1) is 0 Å². The molecule has 6 nitrogen and oxygen atoms in total. The molecule has 122 valence electrons. The van der Waals surface area contributed by atoms with Crippen LogP contribution in [0.5, 0.6) is 0 Å². The van der Waals surface area contributed by atoms with Gasteiger partial charge < -0.3 is 10.0 Å². The average molecular weight is 313 g/mol. The van der Waals surface area contributed by atoms with E-state index >= 15 is 0 Å². The minimum absolute atomic E-state index is 0.148. The highest BCUT2D eigenvalue weighted by atomic mass is 16.2. The van der Waals surface area contributed by atoms with Gasteiger partial charge in [0.05, 0.1) is 6.21 Å². The number of nitrogens with one attached hydrogen (secondary N) is 1. The lowest BCUT2D eigenvalue weighted by Crippen LogP contribution is -2.13. The lowest BCUT2D eigenvalue weighted by molar-refractivity contribution is 0.288. The fourth-order valence-electron chi connectivity index (χ4n) is 2.07. The number of aryl methyl sites for hydroxylation is 2. The molecule has 0 aliphatic carbocycles. The number of rotatable bonds is 7. The largest absolute Gasteiger partial charge is 0.396 e. The molecule has 0 unspecified atom stereocenters. The zero-order valence-electron chi connectivity index (χ0n) is 13.8. The molecule has 0 saturated carbocycles. The Morgan fingerprint density at radius 1 is 1.26 bits per heavy atom. The molecule has 0 aliphatic heterocycles. The second-order valence-corrected chi connectivity index (χ2v) is 5.55. The summed E-state index contributed by atoms with van der Waals surface area (Å²) in [5.41, 5.74) is 5.97. The number of anilines is 2. The van der Waals surface area contributed by atoms with E-state index in [0.29, 0.717) is 18.8 Å². The lowest BCUT2D eigenvalue weighted by Gasteiger charge is -2.13. The number of hydrazone groups is 1. The molecule has 0 amide bonds. The summed E-state index contributed by atoms with van der Waals surface area (Å²) < 4.78 is 0. The molecule has 0 bridgehead atoms. The van der Waals surface area contributed by atoms with Gasteiger partial charge in [0.15, 0.2) is 0 Å². The summed E-state index contributed by atoms with van der Waals surface area (Å²) in [7, 11) is 3.86. The molecule has 0 spiro atoms. The van der Waals surface area contributed by atoms with Crippen molar-refractivity contribution in [1.29, 1.82) is 0 Å². The number of aliphatic hydroxyl groups excluding tert-OH is 1. The molecule has 1 heterocycles. The minimum Gasteiger partial charge on any atom is -0.396 e. The summed E-state index contributed by atoms with van der Waals surface area (Å²) in [6.45, 7) is 2.19. The third kappa shape index (κ3) is 5.34. The first kappa shape index (κ1) is 16.9. The van der Waals surface area contributed by atoms with Crippen molar-refractivity contribution in [3.63, 3.8) is 0 Å². The zero-order chi connectivity index (χ0) is 16.7. The number of hydrogen-bond donors (Lipinski definition) is 2. The Hall–Kier alpha value is -2.47. The Kier molecular flexibility index (Phi) is 6.05. The summed E-state index contributed by atoms with van der Waals surface area (Å²) >= 11 is 0. The van der Waals surface area contributed by atoms with Crippen LogP contribution in [0.1, 0.15) is 23.2 Å². The van der Waals surface area contributed by atoms with Crippen LogP contribution in [0.25, 0.3) is 0 Å². The minimum atomic E-state index is 0.148. The van der Waals surface area contributed by atoms with Crippen molar-refractivity contribution in [1.82, 2.24) is 9.97 Å². The van der Waals surface area contributed by atoms with E-state index in [9.17, 15) is 0 Å². The van der Waals surface area contributed by atoms with E-state index in [-0.39, 0.29) is 6.61 Å². The van der Waals surface area contributed by atoms with E-state index in [1.165, 1.54) is 5.56 Å². The van der Waals surface area contributed by atoms with Crippen LogP contribution >= 0.6 is 0 Å². The molecule has 0 atom stereocenters. The number of hydrogen-bond acceptors (Lipinski definition) is 6. The van der Waals surface area contributed by atoms with Crippen LogP contribution in [0.15, 0.2) is 35.4 Å². The fraction of sp³-hybridized carbons (Fsp3) is 0.353. The highest BCUT2D eigenvalue weighted by molar-refractivity contribution is 5.80. The molecule has 6 heteroatoms. The maximum atomic E-state index is 8.97. The van der Waals surface area contributed by atoms with Crippen molar-refractivity contribution in [3.05, 3.63) is 47.2 Å². The highest BCUT2D eigenvalue weighted by Gasteiger charge is 2.05. The van der Waals surface area contributed by atoms with Crippen LogP contribution in [0.2, 0.25) is 0 Å². The fourth-order valence-corrected chi connectivity index (χ4v) is 2.07. The Bertz CT molecular complexity index is 670. The summed E-state index contributed by atoms with van der Waals surface area (Å²) in [5.74, 6) is 1.26. The number of aliphatic hydroxyl groups is 1. The average Bonchev–Trinajstić information content (AvgIpc) is 2.53. The van der Waals surface area contributed by atoms with Gasteiger partial charge in [-0.25, -0.2) is 10.4 Å². The normalized spacial score (nSPS) is 11.0. The monoisotopic (exact) mass is 313 g/mol. The smallest absolute Gasteiger partial charge is 0.245 e.